The van der Waals surface area contributed by atoms with Gasteiger partial charge in [-0.05, 0) is 55.8 Å². The lowest BCUT2D eigenvalue weighted by atomic mass is 9.76. The smallest absolute Gasteiger partial charge is 0.368 e. The number of benzene rings is 1. The van der Waals surface area contributed by atoms with Crippen LogP contribution in [-0.2, 0) is 11.0 Å². The summed E-state index contributed by atoms with van der Waals surface area (Å²) in [6, 6.07) is 4.84. The number of nitrogens with two attached hydrogens (primary N) is 1. The molecule has 2 fully saturated rings. The molecule has 1 atom stereocenters. The number of hydrogen-bond acceptors (Lipinski definition) is 5. The van der Waals surface area contributed by atoms with Gasteiger partial charge in [0, 0.05) is 26.2 Å². The molecule has 1 aliphatic heterocycles. The molecule has 3 rings (SSSR count). The van der Waals surface area contributed by atoms with Crippen LogP contribution in [-0.4, -0.2) is 49.4 Å². The molecular formula is C23H30ClF3N4O. The van der Waals surface area contributed by atoms with Gasteiger partial charge in [-0.2, -0.15) is 18.4 Å². The van der Waals surface area contributed by atoms with Crippen molar-refractivity contribution in [3.63, 3.8) is 0 Å². The van der Waals surface area contributed by atoms with E-state index in [9.17, 15) is 18.0 Å². The van der Waals surface area contributed by atoms with Crippen LogP contribution in [0.3, 0.4) is 0 Å². The Balaban J connectivity index is 1.42. The monoisotopic (exact) mass is 470 g/mol. The average molecular weight is 471 g/mol. The number of hydrogen-bond donors (Lipinski definition) is 1. The minimum Gasteiger partial charge on any atom is -0.368 e. The Morgan fingerprint density at radius 3 is 2.44 bits per heavy atom. The second-order valence-electron chi connectivity index (χ2n) is 8.89. The quantitative estimate of drug-likeness (QED) is 0.635. The maximum Gasteiger partial charge on any atom is 0.416 e. The first-order valence-electron chi connectivity index (χ1n) is 11.2. The van der Waals surface area contributed by atoms with E-state index in [1.165, 1.54) is 6.07 Å². The first-order chi connectivity index (χ1) is 15.2. The summed E-state index contributed by atoms with van der Waals surface area (Å²) in [6.07, 6.45) is 0.496. The predicted octanol–water partition coefficient (Wildman–Crippen LogP) is 4.49. The number of ketones is 1. The molecule has 1 aliphatic carbocycles. The van der Waals surface area contributed by atoms with Gasteiger partial charge < -0.3 is 10.6 Å². The molecule has 0 bridgehead atoms. The number of halogens is 4. The van der Waals surface area contributed by atoms with Crippen LogP contribution in [0.2, 0.25) is 5.02 Å². The molecule has 0 radical (unpaired) electrons. The highest BCUT2D eigenvalue weighted by atomic mass is 35.5. The summed E-state index contributed by atoms with van der Waals surface area (Å²) in [5.74, 6) is 0.614. The molecule has 1 heterocycles. The number of nitriles is 1. The molecule has 1 saturated heterocycles. The van der Waals surface area contributed by atoms with Crippen LogP contribution in [0, 0.1) is 23.2 Å². The van der Waals surface area contributed by atoms with Crippen molar-refractivity contribution in [2.75, 3.05) is 37.6 Å². The number of carbonyl (C=O) groups excluding carboxylic acids is 1. The third-order valence-electron chi connectivity index (χ3n) is 6.86. The molecule has 2 N–H and O–H groups in total. The molecule has 5 nitrogen and oxygen atoms in total. The summed E-state index contributed by atoms with van der Waals surface area (Å²) >= 11 is 6.18. The zero-order chi connectivity index (χ0) is 23.3. The van der Waals surface area contributed by atoms with E-state index in [0.717, 1.165) is 63.9 Å². The molecule has 0 spiro atoms. The molecule has 32 heavy (non-hydrogen) atoms. The summed E-state index contributed by atoms with van der Waals surface area (Å²) < 4.78 is 39.1. The number of anilines is 1. The van der Waals surface area contributed by atoms with Gasteiger partial charge in [0.05, 0.1) is 34.8 Å². The number of alkyl halides is 3. The topological polar surface area (TPSA) is 73.4 Å². The highest BCUT2D eigenvalue weighted by Crippen LogP contribution is 2.36. The van der Waals surface area contributed by atoms with Crippen molar-refractivity contribution in [2.24, 2.45) is 17.6 Å². The van der Waals surface area contributed by atoms with Crippen molar-refractivity contribution in [3.8, 4) is 6.07 Å². The van der Waals surface area contributed by atoms with E-state index >= 15 is 0 Å². The van der Waals surface area contributed by atoms with Crippen molar-refractivity contribution >= 4 is 23.1 Å². The molecule has 0 amide bonds. The normalized spacial score (nSPS) is 23.6. The van der Waals surface area contributed by atoms with Crippen molar-refractivity contribution in [1.82, 2.24) is 4.90 Å². The van der Waals surface area contributed by atoms with Gasteiger partial charge in [0.25, 0.3) is 0 Å². The number of carbonyl (C=O) groups is 1. The summed E-state index contributed by atoms with van der Waals surface area (Å²) in [6.45, 7) is 3.82. The maximum atomic E-state index is 13.0. The molecule has 176 valence electrons. The number of nitrogens with zero attached hydrogens (tertiary/aromatic N) is 3. The Morgan fingerprint density at radius 1 is 1.19 bits per heavy atom. The minimum atomic E-state index is -4.38. The van der Waals surface area contributed by atoms with Gasteiger partial charge in [0.2, 0.25) is 0 Å². The lowest BCUT2D eigenvalue weighted by molar-refractivity contribution is -0.137. The number of piperazine rings is 1. The van der Waals surface area contributed by atoms with Crippen molar-refractivity contribution in [2.45, 2.75) is 50.7 Å². The third kappa shape index (κ3) is 6.37. The standard InChI is InChI=1S/C23H30ClF3N4O/c24-19-6-5-18(23(25,26)27)15-20(19)31-13-11-30(12-14-31)10-8-16-1-3-17(4-2-16)22(29)21(32)7-9-28/h5-6,15-17,22H,1-4,7-8,10-14,29H2. The number of rotatable bonds is 7. The van der Waals surface area contributed by atoms with Gasteiger partial charge in [-0.25, -0.2) is 0 Å². The Kier molecular flexibility index (Phi) is 8.43. The highest BCUT2D eigenvalue weighted by molar-refractivity contribution is 6.33. The zero-order valence-corrected chi connectivity index (χ0v) is 18.8. The van der Waals surface area contributed by atoms with Crippen molar-refractivity contribution in [1.29, 1.82) is 5.26 Å². The first kappa shape index (κ1) is 24.8. The summed E-state index contributed by atoms with van der Waals surface area (Å²) in [5.41, 5.74) is 5.80. The second kappa shape index (κ2) is 10.9. The SMILES string of the molecule is N#CCC(=O)C(N)C1CCC(CCN2CCN(c3cc(C(F)(F)F)ccc3Cl)CC2)CC1. The molecule has 1 unspecified atom stereocenters. The number of Topliss-reactive ketones (excluding diaryl/α,β-unsaturated/α-hetero) is 1. The van der Waals surface area contributed by atoms with E-state index in [4.69, 9.17) is 22.6 Å². The van der Waals surface area contributed by atoms with Gasteiger partial charge in [0.15, 0.2) is 5.78 Å². The Hall–Kier alpha value is -1.82. The first-order valence-corrected chi connectivity index (χ1v) is 11.6. The van der Waals surface area contributed by atoms with Crippen molar-refractivity contribution < 1.29 is 18.0 Å². The van der Waals surface area contributed by atoms with Crippen LogP contribution < -0.4 is 10.6 Å². The molecule has 1 saturated carbocycles. The maximum absolute atomic E-state index is 13.0. The second-order valence-corrected chi connectivity index (χ2v) is 9.30. The molecular weight excluding hydrogens is 441 g/mol. The fourth-order valence-electron chi connectivity index (χ4n) is 4.80. The lowest BCUT2D eigenvalue weighted by Crippen LogP contribution is -2.47. The molecule has 9 heteroatoms. The van der Waals surface area contributed by atoms with Gasteiger partial charge in [-0.3, -0.25) is 9.69 Å². The Labute approximate surface area is 192 Å². The minimum absolute atomic E-state index is 0.112. The lowest BCUT2D eigenvalue weighted by Gasteiger charge is -2.38. The van der Waals surface area contributed by atoms with Crippen LogP contribution in [0.4, 0.5) is 18.9 Å². The van der Waals surface area contributed by atoms with Crippen LogP contribution >= 0.6 is 11.6 Å². The Morgan fingerprint density at radius 2 is 1.84 bits per heavy atom. The van der Waals surface area contributed by atoms with Gasteiger partial charge in [0.1, 0.15) is 0 Å². The van der Waals surface area contributed by atoms with E-state index < -0.39 is 17.8 Å². The summed E-state index contributed by atoms with van der Waals surface area (Å²) in [7, 11) is 0. The van der Waals surface area contributed by atoms with Crippen LogP contribution in [0.15, 0.2) is 18.2 Å². The van der Waals surface area contributed by atoms with Crippen molar-refractivity contribution in [3.05, 3.63) is 28.8 Å². The van der Waals surface area contributed by atoms with E-state index in [1.807, 2.05) is 11.0 Å². The van der Waals surface area contributed by atoms with E-state index in [0.29, 0.717) is 29.7 Å². The average Bonchev–Trinajstić information content (AvgIpc) is 2.77. The highest BCUT2D eigenvalue weighted by Gasteiger charge is 2.32. The van der Waals surface area contributed by atoms with E-state index in [1.54, 1.807) is 0 Å². The van der Waals surface area contributed by atoms with Crippen LogP contribution in [0.5, 0.6) is 0 Å². The van der Waals surface area contributed by atoms with Gasteiger partial charge in [-0.15, -0.1) is 0 Å². The summed E-state index contributed by atoms with van der Waals surface area (Å²) in [5, 5.41) is 9.02. The zero-order valence-electron chi connectivity index (χ0n) is 18.1. The molecule has 1 aromatic rings. The molecule has 1 aromatic carbocycles. The molecule has 0 aromatic heterocycles. The van der Waals surface area contributed by atoms with Gasteiger partial charge in [-0.1, -0.05) is 24.4 Å². The van der Waals surface area contributed by atoms with E-state index in [2.05, 4.69) is 4.90 Å². The Bertz CT molecular complexity index is 826. The molecule has 2 aliphatic rings. The fraction of sp³-hybridized carbons (Fsp3) is 0.652. The summed E-state index contributed by atoms with van der Waals surface area (Å²) in [4.78, 5) is 16.1. The fourth-order valence-corrected chi connectivity index (χ4v) is 5.04. The van der Waals surface area contributed by atoms with Crippen LogP contribution in [0.25, 0.3) is 0 Å². The third-order valence-corrected chi connectivity index (χ3v) is 7.18. The largest absolute Gasteiger partial charge is 0.416 e. The van der Waals surface area contributed by atoms with E-state index in [-0.39, 0.29) is 18.1 Å². The van der Waals surface area contributed by atoms with Gasteiger partial charge >= 0.3 is 6.18 Å². The predicted molar refractivity (Wildman–Crippen MR) is 118 cm³/mol. The van der Waals surface area contributed by atoms with Crippen LogP contribution in [0.1, 0.15) is 44.1 Å².